The zero-order valence-corrected chi connectivity index (χ0v) is 26.2. The van der Waals surface area contributed by atoms with Crippen LogP contribution in [-0.2, 0) is 6.42 Å². The first-order valence-electron chi connectivity index (χ1n) is 16.6. The second-order valence-corrected chi connectivity index (χ2v) is 12.5. The van der Waals surface area contributed by atoms with Crippen LogP contribution in [0.3, 0.4) is 0 Å². The van der Waals surface area contributed by atoms with E-state index in [0.717, 1.165) is 76.5 Å². The largest absolute Gasteiger partial charge is 0.455 e. The van der Waals surface area contributed by atoms with Gasteiger partial charge in [0.25, 0.3) is 0 Å². The number of benzene rings is 5. The van der Waals surface area contributed by atoms with Gasteiger partial charge in [0.2, 0.25) is 0 Å². The maximum absolute atomic E-state index is 6.42. The molecule has 0 saturated heterocycles. The number of hydrogen-bond donors (Lipinski definition) is 0. The lowest BCUT2D eigenvalue weighted by atomic mass is 9.96. The predicted octanol–water partition coefficient (Wildman–Crippen LogP) is 11.5. The summed E-state index contributed by atoms with van der Waals surface area (Å²) in [5, 5.41) is 3.62. The summed E-state index contributed by atoms with van der Waals surface area (Å²) in [6.45, 7) is 0.719. The van der Waals surface area contributed by atoms with Gasteiger partial charge < -0.3 is 8.98 Å². The van der Waals surface area contributed by atoms with Gasteiger partial charge in [0.05, 0.1) is 12.1 Å². The van der Waals surface area contributed by atoms with Crippen molar-refractivity contribution in [2.45, 2.75) is 25.7 Å². The molecule has 7 aromatic rings. The van der Waals surface area contributed by atoms with Crippen molar-refractivity contribution in [1.82, 2.24) is 4.57 Å². The topological polar surface area (TPSA) is 30.4 Å². The highest BCUT2D eigenvalue weighted by atomic mass is 16.3. The van der Waals surface area contributed by atoms with Crippen molar-refractivity contribution in [3.05, 3.63) is 156 Å². The molecule has 0 N–H and O–H groups in total. The van der Waals surface area contributed by atoms with Crippen molar-refractivity contribution in [2.75, 3.05) is 6.54 Å². The molecule has 2 aliphatic rings. The number of rotatable bonds is 6. The lowest BCUT2D eigenvalue weighted by Gasteiger charge is -2.13. The minimum Gasteiger partial charge on any atom is -0.455 e. The van der Waals surface area contributed by atoms with Gasteiger partial charge in [-0.15, -0.1) is 0 Å². The number of furan rings is 1. The number of allylic oxidation sites excluding steroid dienone is 3. The highest BCUT2D eigenvalue weighted by Crippen LogP contribution is 2.39. The van der Waals surface area contributed by atoms with Crippen molar-refractivity contribution in [1.29, 1.82) is 0 Å². The molecule has 0 amide bonds. The van der Waals surface area contributed by atoms with Crippen LogP contribution in [0, 0.1) is 0 Å². The standard InChI is InChI=1S/C44H34N2O/c1-2-12-30(13-3-1)28-45-29-33-14-4-5-17-35(33)32-24-25-42-40(27-32)37-18-6-8-22-41(37)46(42)34-16-10-15-31(26-34)36-20-11-21-39-38-19-7-9-23-43(38)47-44(36)39/h2,4-5,7-17,19-27,29H,1,3,6,18,28H2. The molecule has 0 atom stereocenters. The maximum Gasteiger partial charge on any atom is 0.143 e. The van der Waals surface area contributed by atoms with E-state index >= 15 is 0 Å². The van der Waals surface area contributed by atoms with Crippen molar-refractivity contribution < 1.29 is 4.42 Å². The molecular weight excluding hydrogens is 572 g/mol. The second kappa shape index (κ2) is 11.6. The lowest BCUT2D eigenvalue weighted by Crippen LogP contribution is -2.00. The van der Waals surface area contributed by atoms with E-state index in [-0.39, 0.29) is 0 Å². The Hall–Kier alpha value is -5.67. The van der Waals surface area contributed by atoms with Crippen molar-refractivity contribution in [3.63, 3.8) is 0 Å². The number of nitrogens with zero attached hydrogens (tertiary/aromatic N) is 2. The van der Waals surface area contributed by atoms with Gasteiger partial charge in [0, 0.05) is 44.9 Å². The van der Waals surface area contributed by atoms with E-state index < -0.39 is 0 Å². The molecule has 3 nitrogen and oxygen atoms in total. The van der Waals surface area contributed by atoms with Gasteiger partial charge in [0.1, 0.15) is 11.2 Å². The number of hydrogen-bond acceptors (Lipinski definition) is 2. The first-order valence-corrected chi connectivity index (χ1v) is 16.6. The van der Waals surface area contributed by atoms with Crippen molar-refractivity contribution in [2.24, 2.45) is 4.99 Å². The molecule has 47 heavy (non-hydrogen) atoms. The number of fused-ring (bicyclic) bond motifs is 6. The third-order valence-corrected chi connectivity index (χ3v) is 9.62. The Morgan fingerprint density at radius 2 is 1.51 bits per heavy atom. The highest BCUT2D eigenvalue weighted by Gasteiger charge is 2.20. The fourth-order valence-corrected chi connectivity index (χ4v) is 7.38. The van der Waals surface area contributed by atoms with Gasteiger partial charge in [-0.05, 0) is 89.9 Å². The van der Waals surface area contributed by atoms with Crippen LogP contribution in [0.4, 0.5) is 0 Å². The minimum atomic E-state index is 0.719. The van der Waals surface area contributed by atoms with Crippen LogP contribution in [0.1, 0.15) is 36.1 Å². The summed E-state index contributed by atoms with van der Waals surface area (Å²) in [5.41, 5.74) is 14.0. The Morgan fingerprint density at radius 3 is 2.47 bits per heavy atom. The predicted molar refractivity (Wildman–Crippen MR) is 198 cm³/mol. The van der Waals surface area contributed by atoms with Crippen LogP contribution in [0.5, 0.6) is 0 Å². The normalized spacial score (nSPS) is 14.4. The zero-order chi connectivity index (χ0) is 31.2. The van der Waals surface area contributed by atoms with Gasteiger partial charge in [-0.25, -0.2) is 0 Å². The Labute approximate surface area is 274 Å². The first-order chi connectivity index (χ1) is 23.3. The highest BCUT2D eigenvalue weighted by molar-refractivity contribution is 6.09. The van der Waals surface area contributed by atoms with E-state index in [1.54, 1.807) is 0 Å². The third kappa shape index (κ3) is 4.87. The Kier molecular flexibility index (Phi) is 6.82. The van der Waals surface area contributed by atoms with E-state index in [4.69, 9.17) is 9.41 Å². The third-order valence-electron chi connectivity index (χ3n) is 9.62. The molecule has 2 aliphatic carbocycles. The molecule has 5 aromatic carbocycles. The number of aromatic nitrogens is 1. The summed E-state index contributed by atoms with van der Waals surface area (Å²) < 4.78 is 8.85. The zero-order valence-electron chi connectivity index (χ0n) is 26.2. The van der Waals surface area contributed by atoms with Crippen molar-refractivity contribution >= 4 is 45.1 Å². The molecule has 0 radical (unpaired) electrons. The molecule has 2 aromatic heterocycles. The van der Waals surface area contributed by atoms with Crippen LogP contribution in [-0.4, -0.2) is 17.3 Å². The van der Waals surface area contributed by atoms with Gasteiger partial charge >= 0.3 is 0 Å². The second-order valence-electron chi connectivity index (χ2n) is 12.5. The molecule has 0 unspecified atom stereocenters. The molecule has 0 saturated carbocycles. The summed E-state index contributed by atoms with van der Waals surface area (Å²) in [5.74, 6) is 0. The van der Waals surface area contributed by atoms with Crippen molar-refractivity contribution in [3.8, 4) is 27.9 Å². The quantitative estimate of drug-likeness (QED) is 0.173. The van der Waals surface area contributed by atoms with Gasteiger partial charge in [-0.1, -0.05) is 103 Å². The minimum absolute atomic E-state index is 0.719. The van der Waals surface area contributed by atoms with E-state index in [0.29, 0.717) is 0 Å². The molecule has 226 valence electrons. The maximum atomic E-state index is 6.42. The first kappa shape index (κ1) is 27.6. The SMILES string of the molecule is C1=CC(CN=Cc2ccccc2-c2ccc3c(c2)c2c(n3-c3cccc(-c4cccc5c4oc4ccccc45)c3)C=CCC2)=CCC1. The molecule has 9 rings (SSSR count). The molecule has 0 aliphatic heterocycles. The monoisotopic (exact) mass is 606 g/mol. The summed E-state index contributed by atoms with van der Waals surface area (Å²) >= 11 is 0. The number of aryl methyl sites for hydroxylation is 1. The van der Waals surface area contributed by atoms with Crippen LogP contribution in [0.2, 0.25) is 0 Å². The molecule has 3 heteroatoms. The Morgan fingerprint density at radius 1 is 0.681 bits per heavy atom. The van der Waals surface area contributed by atoms with Crippen LogP contribution in [0.15, 0.2) is 148 Å². The van der Waals surface area contributed by atoms with Crippen LogP contribution < -0.4 is 0 Å². The van der Waals surface area contributed by atoms with Gasteiger partial charge in [-0.3, -0.25) is 4.99 Å². The fourth-order valence-electron chi connectivity index (χ4n) is 7.38. The summed E-state index contributed by atoms with van der Waals surface area (Å²) in [6, 6.07) is 39.2. The molecular formula is C44H34N2O. The van der Waals surface area contributed by atoms with E-state index in [2.05, 4.69) is 132 Å². The molecule has 2 heterocycles. The van der Waals surface area contributed by atoms with Crippen LogP contribution >= 0.6 is 0 Å². The fraction of sp³-hybridized carbons (Fsp3) is 0.114. The lowest BCUT2D eigenvalue weighted by molar-refractivity contribution is 0.670. The molecule has 0 spiro atoms. The average molecular weight is 607 g/mol. The molecule has 0 bridgehead atoms. The van der Waals surface area contributed by atoms with E-state index in [9.17, 15) is 0 Å². The number of aliphatic imine (C=N–C) groups is 1. The smallest absolute Gasteiger partial charge is 0.143 e. The summed E-state index contributed by atoms with van der Waals surface area (Å²) in [6.07, 6.45) is 17.7. The number of para-hydroxylation sites is 2. The average Bonchev–Trinajstić information content (AvgIpc) is 3.68. The van der Waals surface area contributed by atoms with Gasteiger partial charge in [0.15, 0.2) is 0 Å². The Balaban J connectivity index is 1.14. The summed E-state index contributed by atoms with van der Waals surface area (Å²) in [7, 11) is 0. The van der Waals surface area contributed by atoms with E-state index in [1.165, 1.54) is 38.9 Å². The van der Waals surface area contributed by atoms with E-state index in [1.807, 2.05) is 18.3 Å². The molecule has 0 fully saturated rings. The van der Waals surface area contributed by atoms with Gasteiger partial charge in [-0.2, -0.15) is 0 Å². The Bertz CT molecular complexity index is 2440. The summed E-state index contributed by atoms with van der Waals surface area (Å²) in [4.78, 5) is 4.83. The van der Waals surface area contributed by atoms with Crippen LogP contribution in [0.25, 0.3) is 66.9 Å².